The zero-order valence-corrected chi connectivity index (χ0v) is 10.3. The standard InChI is InChI=1S/C12H14N4O2/c1-8-3-4-10(7-9(8)2)12-13-14-15-16(12)6-5-11(17)18/h3-4,7H,5-6H2,1-2H3,(H,17,18). The Morgan fingerprint density at radius 2 is 2.11 bits per heavy atom. The fourth-order valence-electron chi connectivity index (χ4n) is 1.64. The Kier molecular flexibility index (Phi) is 3.36. The summed E-state index contributed by atoms with van der Waals surface area (Å²) >= 11 is 0. The topological polar surface area (TPSA) is 80.9 Å². The van der Waals surface area contributed by atoms with E-state index >= 15 is 0 Å². The van der Waals surface area contributed by atoms with Crippen LogP contribution in [0.3, 0.4) is 0 Å². The summed E-state index contributed by atoms with van der Waals surface area (Å²) in [4.78, 5) is 10.6. The largest absolute Gasteiger partial charge is 0.481 e. The van der Waals surface area contributed by atoms with Crippen LogP contribution in [-0.4, -0.2) is 31.3 Å². The van der Waals surface area contributed by atoms with E-state index in [0.29, 0.717) is 5.82 Å². The highest BCUT2D eigenvalue weighted by Gasteiger charge is 2.10. The third kappa shape index (κ3) is 2.53. The Hall–Kier alpha value is -2.24. The van der Waals surface area contributed by atoms with Crippen LogP contribution < -0.4 is 0 Å². The summed E-state index contributed by atoms with van der Waals surface area (Å²) in [5, 5.41) is 20.0. The molecular weight excluding hydrogens is 232 g/mol. The van der Waals surface area contributed by atoms with Crippen molar-refractivity contribution < 1.29 is 9.90 Å². The van der Waals surface area contributed by atoms with Crippen molar-refractivity contribution in [1.82, 2.24) is 20.2 Å². The van der Waals surface area contributed by atoms with Gasteiger partial charge in [-0.1, -0.05) is 12.1 Å². The van der Waals surface area contributed by atoms with Crippen LogP contribution in [-0.2, 0) is 11.3 Å². The molecule has 0 aliphatic carbocycles. The van der Waals surface area contributed by atoms with Gasteiger partial charge in [-0.25, -0.2) is 4.68 Å². The lowest BCUT2D eigenvalue weighted by molar-refractivity contribution is -0.137. The summed E-state index contributed by atoms with van der Waals surface area (Å²) in [6.45, 7) is 4.32. The first kappa shape index (κ1) is 12.2. The zero-order valence-electron chi connectivity index (χ0n) is 10.3. The second-order valence-corrected chi connectivity index (χ2v) is 4.17. The smallest absolute Gasteiger partial charge is 0.305 e. The number of tetrazole rings is 1. The Balaban J connectivity index is 2.30. The maximum Gasteiger partial charge on any atom is 0.305 e. The fourth-order valence-corrected chi connectivity index (χ4v) is 1.64. The van der Waals surface area contributed by atoms with E-state index in [1.54, 1.807) is 0 Å². The molecule has 0 spiro atoms. The van der Waals surface area contributed by atoms with Gasteiger partial charge in [0.25, 0.3) is 0 Å². The molecule has 0 aliphatic rings. The summed E-state index contributed by atoms with van der Waals surface area (Å²) in [6.07, 6.45) is 0.00286. The third-order valence-corrected chi connectivity index (χ3v) is 2.83. The number of rotatable bonds is 4. The lowest BCUT2D eigenvalue weighted by Crippen LogP contribution is -2.07. The van der Waals surface area contributed by atoms with Crippen molar-refractivity contribution in [2.75, 3.05) is 0 Å². The van der Waals surface area contributed by atoms with Crippen molar-refractivity contribution in [3.8, 4) is 11.4 Å². The van der Waals surface area contributed by atoms with Gasteiger partial charge in [-0.3, -0.25) is 4.79 Å². The molecule has 6 heteroatoms. The molecule has 0 saturated heterocycles. The molecule has 1 aromatic carbocycles. The van der Waals surface area contributed by atoms with E-state index in [1.165, 1.54) is 10.2 Å². The molecule has 18 heavy (non-hydrogen) atoms. The van der Waals surface area contributed by atoms with Crippen LogP contribution in [0.4, 0.5) is 0 Å². The molecule has 6 nitrogen and oxygen atoms in total. The van der Waals surface area contributed by atoms with Gasteiger partial charge in [0.2, 0.25) is 0 Å². The van der Waals surface area contributed by atoms with Gasteiger partial charge < -0.3 is 5.11 Å². The highest BCUT2D eigenvalue weighted by molar-refractivity contribution is 5.66. The van der Waals surface area contributed by atoms with Crippen LogP contribution in [0.5, 0.6) is 0 Å². The van der Waals surface area contributed by atoms with E-state index in [9.17, 15) is 4.79 Å². The first-order valence-corrected chi connectivity index (χ1v) is 5.63. The van der Waals surface area contributed by atoms with Crippen LogP contribution in [0, 0.1) is 13.8 Å². The van der Waals surface area contributed by atoms with Gasteiger partial charge in [0.1, 0.15) is 0 Å². The van der Waals surface area contributed by atoms with E-state index in [2.05, 4.69) is 15.5 Å². The second kappa shape index (κ2) is 4.95. The summed E-state index contributed by atoms with van der Waals surface area (Å²) in [7, 11) is 0. The molecule has 1 heterocycles. The first-order chi connectivity index (χ1) is 8.58. The summed E-state index contributed by atoms with van der Waals surface area (Å²) in [6, 6.07) is 5.93. The van der Waals surface area contributed by atoms with Crippen LogP contribution in [0.25, 0.3) is 11.4 Å². The van der Waals surface area contributed by atoms with Gasteiger partial charge in [-0.15, -0.1) is 5.10 Å². The molecule has 2 aromatic rings. The van der Waals surface area contributed by atoms with Gasteiger partial charge in [0, 0.05) is 5.56 Å². The molecule has 1 N–H and O–H groups in total. The summed E-state index contributed by atoms with van der Waals surface area (Å²) in [5.41, 5.74) is 3.25. The molecule has 0 unspecified atom stereocenters. The fraction of sp³-hybridized carbons (Fsp3) is 0.333. The van der Waals surface area contributed by atoms with Gasteiger partial charge in [-0.05, 0) is 41.5 Å². The third-order valence-electron chi connectivity index (χ3n) is 2.83. The number of carbonyl (C=O) groups is 1. The minimum Gasteiger partial charge on any atom is -0.481 e. The van der Waals surface area contributed by atoms with Crippen LogP contribution in [0.2, 0.25) is 0 Å². The number of hydrogen-bond acceptors (Lipinski definition) is 4. The minimum atomic E-state index is -0.864. The Morgan fingerprint density at radius 1 is 1.33 bits per heavy atom. The van der Waals surface area contributed by atoms with E-state index in [-0.39, 0.29) is 13.0 Å². The molecule has 0 fully saturated rings. The molecule has 1 aromatic heterocycles. The van der Waals surface area contributed by atoms with E-state index in [0.717, 1.165) is 11.1 Å². The predicted octanol–water partition coefficient (Wildman–Crippen LogP) is 1.43. The molecular formula is C12H14N4O2. The van der Waals surface area contributed by atoms with Crippen LogP contribution in [0.1, 0.15) is 17.5 Å². The van der Waals surface area contributed by atoms with Crippen molar-refractivity contribution in [2.45, 2.75) is 26.8 Å². The number of hydrogen-bond donors (Lipinski definition) is 1. The second-order valence-electron chi connectivity index (χ2n) is 4.17. The SMILES string of the molecule is Cc1ccc(-c2nnnn2CCC(=O)O)cc1C. The van der Waals surface area contributed by atoms with E-state index < -0.39 is 5.97 Å². The molecule has 0 amide bonds. The van der Waals surface area contributed by atoms with Gasteiger partial charge >= 0.3 is 5.97 Å². The Labute approximate surface area is 104 Å². The average molecular weight is 246 g/mol. The van der Waals surface area contributed by atoms with E-state index in [4.69, 9.17) is 5.11 Å². The number of carboxylic acids is 1. The molecule has 0 radical (unpaired) electrons. The number of nitrogens with zero attached hydrogens (tertiary/aromatic N) is 4. The lowest BCUT2D eigenvalue weighted by Gasteiger charge is -2.05. The lowest BCUT2D eigenvalue weighted by atomic mass is 10.1. The zero-order chi connectivity index (χ0) is 13.1. The molecule has 0 atom stereocenters. The normalized spacial score (nSPS) is 10.6. The number of aryl methyl sites for hydroxylation is 3. The summed E-state index contributed by atoms with van der Waals surface area (Å²) < 4.78 is 1.51. The Bertz CT molecular complexity index is 577. The average Bonchev–Trinajstić information content (AvgIpc) is 2.78. The molecule has 0 bridgehead atoms. The molecule has 0 saturated carbocycles. The van der Waals surface area contributed by atoms with E-state index in [1.807, 2.05) is 32.0 Å². The first-order valence-electron chi connectivity index (χ1n) is 5.63. The van der Waals surface area contributed by atoms with Crippen molar-refractivity contribution >= 4 is 5.97 Å². The van der Waals surface area contributed by atoms with Crippen molar-refractivity contribution in [3.05, 3.63) is 29.3 Å². The highest BCUT2D eigenvalue weighted by Crippen LogP contribution is 2.19. The molecule has 0 aliphatic heterocycles. The van der Waals surface area contributed by atoms with Crippen LogP contribution >= 0.6 is 0 Å². The van der Waals surface area contributed by atoms with Gasteiger partial charge in [0.05, 0.1) is 13.0 Å². The minimum absolute atomic E-state index is 0.00286. The van der Waals surface area contributed by atoms with Crippen LogP contribution in [0.15, 0.2) is 18.2 Å². The summed E-state index contributed by atoms with van der Waals surface area (Å²) in [5.74, 6) is -0.268. The molecule has 94 valence electrons. The van der Waals surface area contributed by atoms with Gasteiger partial charge in [-0.2, -0.15) is 0 Å². The van der Waals surface area contributed by atoms with Crippen molar-refractivity contribution in [3.63, 3.8) is 0 Å². The Morgan fingerprint density at radius 3 is 2.78 bits per heavy atom. The number of aromatic nitrogens is 4. The van der Waals surface area contributed by atoms with Crippen molar-refractivity contribution in [1.29, 1.82) is 0 Å². The predicted molar refractivity (Wildman–Crippen MR) is 65.0 cm³/mol. The highest BCUT2D eigenvalue weighted by atomic mass is 16.4. The number of aliphatic carboxylic acids is 1. The monoisotopic (exact) mass is 246 g/mol. The number of benzene rings is 1. The number of carboxylic acid groups (broad SMARTS) is 1. The molecule has 2 rings (SSSR count). The maximum absolute atomic E-state index is 10.6. The van der Waals surface area contributed by atoms with Gasteiger partial charge in [0.15, 0.2) is 5.82 Å². The maximum atomic E-state index is 10.6. The quantitative estimate of drug-likeness (QED) is 0.882. The van der Waals surface area contributed by atoms with Crippen molar-refractivity contribution in [2.24, 2.45) is 0 Å².